The molecule has 4 aromatic carbocycles. The molecular formula is C33H32FNO4. The molecule has 1 unspecified atom stereocenters. The summed E-state index contributed by atoms with van der Waals surface area (Å²) >= 11 is 0. The van der Waals surface area contributed by atoms with E-state index in [1.165, 1.54) is 30.7 Å². The van der Waals surface area contributed by atoms with Gasteiger partial charge in [0.05, 0.1) is 20.8 Å². The first kappa shape index (κ1) is 25.3. The molecule has 1 saturated heterocycles. The molecule has 6 heteroatoms. The highest BCUT2D eigenvalue weighted by atomic mass is 19.1. The fourth-order valence-electron chi connectivity index (χ4n) is 5.82. The van der Waals surface area contributed by atoms with Crippen LogP contribution in [0.1, 0.15) is 35.1 Å². The molecule has 0 bridgehead atoms. The largest absolute Gasteiger partial charge is 0.497 e. The number of benzene rings is 4. The molecule has 2 aliphatic rings. The first-order chi connectivity index (χ1) is 19.1. The van der Waals surface area contributed by atoms with E-state index in [0.29, 0.717) is 23.5 Å². The fraction of sp³-hybridized carbons (Fsp3) is 0.273. The van der Waals surface area contributed by atoms with Gasteiger partial charge in [-0.15, -0.1) is 0 Å². The molecule has 200 valence electrons. The van der Waals surface area contributed by atoms with Crippen LogP contribution < -0.4 is 19.1 Å². The van der Waals surface area contributed by atoms with E-state index in [1.807, 2.05) is 30.3 Å². The maximum absolute atomic E-state index is 14.8. The van der Waals surface area contributed by atoms with E-state index in [2.05, 4.69) is 41.3 Å². The van der Waals surface area contributed by atoms with E-state index >= 15 is 0 Å². The van der Waals surface area contributed by atoms with E-state index < -0.39 is 5.60 Å². The van der Waals surface area contributed by atoms with Crippen molar-refractivity contribution < 1.29 is 23.3 Å². The summed E-state index contributed by atoms with van der Waals surface area (Å²) < 4.78 is 38.4. The quantitative estimate of drug-likeness (QED) is 0.258. The number of halogens is 1. The van der Waals surface area contributed by atoms with Crippen LogP contribution in [0.5, 0.6) is 17.2 Å². The zero-order chi connectivity index (χ0) is 27.0. The Bertz CT molecular complexity index is 1520. The summed E-state index contributed by atoms with van der Waals surface area (Å²) in [6.07, 6.45) is 6.60. The molecule has 0 radical (unpaired) electrons. The van der Waals surface area contributed by atoms with Crippen molar-refractivity contribution in [2.75, 3.05) is 39.3 Å². The third kappa shape index (κ3) is 4.39. The van der Waals surface area contributed by atoms with Crippen LogP contribution in [0.15, 0.2) is 72.8 Å². The first-order valence-electron chi connectivity index (χ1n) is 13.3. The summed E-state index contributed by atoms with van der Waals surface area (Å²) in [5.74, 6) is 1.43. The molecule has 2 heterocycles. The second-order valence-corrected chi connectivity index (χ2v) is 10.1. The number of rotatable bonds is 7. The summed E-state index contributed by atoms with van der Waals surface area (Å²) in [5.41, 5.74) is 3.99. The summed E-state index contributed by atoms with van der Waals surface area (Å²) in [5, 5.41) is 1.42. The summed E-state index contributed by atoms with van der Waals surface area (Å²) in [4.78, 5) is 2.41. The van der Waals surface area contributed by atoms with Crippen molar-refractivity contribution in [2.45, 2.75) is 25.0 Å². The molecule has 6 rings (SSSR count). The van der Waals surface area contributed by atoms with Crippen molar-refractivity contribution in [1.29, 1.82) is 0 Å². The van der Waals surface area contributed by atoms with Crippen molar-refractivity contribution >= 4 is 22.5 Å². The van der Waals surface area contributed by atoms with Gasteiger partial charge in [-0.25, -0.2) is 4.39 Å². The third-order valence-electron chi connectivity index (χ3n) is 7.81. The number of hydrogen-bond donors (Lipinski definition) is 0. The van der Waals surface area contributed by atoms with Crippen molar-refractivity contribution in [3.05, 3.63) is 101 Å². The van der Waals surface area contributed by atoms with E-state index in [4.69, 9.17) is 18.9 Å². The molecule has 5 nitrogen and oxygen atoms in total. The second-order valence-electron chi connectivity index (χ2n) is 10.1. The zero-order valence-electron chi connectivity index (χ0n) is 22.5. The van der Waals surface area contributed by atoms with Crippen molar-refractivity contribution in [3.8, 4) is 17.2 Å². The number of hydrogen-bond acceptors (Lipinski definition) is 5. The van der Waals surface area contributed by atoms with Crippen molar-refractivity contribution in [3.63, 3.8) is 0 Å². The van der Waals surface area contributed by atoms with Crippen LogP contribution in [0.3, 0.4) is 0 Å². The molecule has 4 aromatic rings. The Morgan fingerprint density at radius 3 is 2.18 bits per heavy atom. The van der Waals surface area contributed by atoms with Gasteiger partial charge in [-0.3, -0.25) is 0 Å². The van der Waals surface area contributed by atoms with Crippen LogP contribution in [0, 0.1) is 5.82 Å². The molecule has 2 aliphatic heterocycles. The van der Waals surface area contributed by atoms with Gasteiger partial charge in [-0.05, 0) is 60.9 Å². The maximum Gasteiger partial charge on any atom is 0.178 e. The van der Waals surface area contributed by atoms with Gasteiger partial charge in [0.25, 0.3) is 0 Å². The van der Waals surface area contributed by atoms with Crippen LogP contribution in [-0.4, -0.2) is 34.4 Å². The number of methoxy groups -OCH3 is 3. The lowest BCUT2D eigenvalue weighted by Gasteiger charge is -2.37. The predicted molar refractivity (Wildman–Crippen MR) is 152 cm³/mol. The van der Waals surface area contributed by atoms with E-state index in [9.17, 15) is 4.39 Å². The Kier molecular flexibility index (Phi) is 6.65. The van der Waals surface area contributed by atoms with Crippen LogP contribution in [0.25, 0.3) is 16.8 Å². The summed E-state index contributed by atoms with van der Waals surface area (Å²) in [6.45, 7) is 2.54. The Morgan fingerprint density at radius 2 is 1.54 bits per heavy atom. The van der Waals surface area contributed by atoms with Gasteiger partial charge in [0.1, 0.15) is 23.1 Å². The highest BCUT2D eigenvalue weighted by Crippen LogP contribution is 2.48. The Balaban J connectivity index is 1.56. The maximum atomic E-state index is 14.8. The van der Waals surface area contributed by atoms with Crippen LogP contribution >= 0.6 is 0 Å². The topological polar surface area (TPSA) is 40.2 Å². The summed E-state index contributed by atoms with van der Waals surface area (Å²) in [7, 11) is 4.87. The first-order valence-corrected chi connectivity index (χ1v) is 13.3. The number of anilines is 1. The fourth-order valence-corrected chi connectivity index (χ4v) is 5.82. The molecule has 1 atom stereocenters. The van der Waals surface area contributed by atoms with Gasteiger partial charge in [0, 0.05) is 59.4 Å². The molecule has 39 heavy (non-hydrogen) atoms. The number of ether oxygens (including phenoxy) is 4. The van der Waals surface area contributed by atoms with Crippen LogP contribution in [0.2, 0.25) is 0 Å². The minimum Gasteiger partial charge on any atom is -0.497 e. The van der Waals surface area contributed by atoms with Crippen molar-refractivity contribution in [1.82, 2.24) is 0 Å². The Labute approximate surface area is 228 Å². The molecule has 0 aromatic heterocycles. The molecule has 1 fully saturated rings. The van der Waals surface area contributed by atoms with E-state index in [1.54, 1.807) is 21.3 Å². The minimum absolute atomic E-state index is 0.382. The standard InChI is InChI=1S/C33H32FNO4/c1-36-21-22-18-29-30(19-25(34)20-31(29)38-3)32-28(22)14-15-33(39-32,24-8-12-27(37-2)13-9-24)23-6-10-26(11-7-23)35-16-4-5-17-35/h6-15,18-20H,4-5,16-17,21H2,1-3H3. The SMILES string of the molecule is COCc1cc2c(OC)cc(F)cc2c2c1C=CC(c1ccc(OC)cc1)(c1ccc(N3CCCC3)cc1)O2. The smallest absolute Gasteiger partial charge is 0.178 e. The average Bonchev–Trinajstić information content (AvgIpc) is 3.52. The lowest BCUT2D eigenvalue weighted by molar-refractivity contribution is 0.160. The Morgan fingerprint density at radius 1 is 0.846 bits per heavy atom. The summed E-state index contributed by atoms with van der Waals surface area (Å²) in [6, 6.07) is 21.4. The second kappa shape index (κ2) is 10.3. The van der Waals surface area contributed by atoms with Gasteiger partial charge < -0.3 is 23.8 Å². The molecule has 0 saturated carbocycles. The molecule has 0 amide bonds. The monoisotopic (exact) mass is 525 g/mol. The van der Waals surface area contributed by atoms with Gasteiger partial charge >= 0.3 is 0 Å². The number of nitrogens with zero attached hydrogens (tertiary/aromatic N) is 1. The molecule has 0 spiro atoms. The van der Waals surface area contributed by atoms with Crippen LogP contribution in [-0.2, 0) is 16.9 Å². The van der Waals surface area contributed by atoms with Gasteiger partial charge in [-0.2, -0.15) is 0 Å². The number of fused-ring (bicyclic) bond motifs is 3. The van der Waals surface area contributed by atoms with Crippen LogP contribution in [0.4, 0.5) is 10.1 Å². The van der Waals surface area contributed by atoms with E-state index in [0.717, 1.165) is 46.5 Å². The molecule has 0 N–H and O–H groups in total. The normalized spacial score (nSPS) is 18.2. The highest BCUT2D eigenvalue weighted by Gasteiger charge is 2.39. The highest BCUT2D eigenvalue weighted by molar-refractivity contribution is 5.97. The lowest BCUT2D eigenvalue weighted by Crippen LogP contribution is -2.34. The minimum atomic E-state index is -0.943. The van der Waals surface area contributed by atoms with Gasteiger partial charge in [0.15, 0.2) is 5.60 Å². The molecular weight excluding hydrogens is 493 g/mol. The molecule has 0 aliphatic carbocycles. The average molecular weight is 526 g/mol. The lowest BCUT2D eigenvalue weighted by atomic mass is 9.82. The Hall–Kier alpha value is -4.03. The zero-order valence-corrected chi connectivity index (χ0v) is 22.5. The third-order valence-corrected chi connectivity index (χ3v) is 7.81. The van der Waals surface area contributed by atoms with Gasteiger partial charge in [-0.1, -0.05) is 30.3 Å². The predicted octanol–water partition coefficient (Wildman–Crippen LogP) is 7.09. The van der Waals surface area contributed by atoms with E-state index in [-0.39, 0.29) is 5.82 Å². The van der Waals surface area contributed by atoms with Crippen molar-refractivity contribution in [2.24, 2.45) is 0 Å². The van der Waals surface area contributed by atoms with Gasteiger partial charge in [0.2, 0.25) is 0 Å².